The number of carbonyl (C=O) groups is 1. The Morgan fingerprint density at radius 2 is 1.57 bits per heavy atom. The SMILES string of the molecule is O=C(COc1ccc(Cl)cc1)N1CCC(c2ccccc2)(N2CCCC2)CC1. The number of hydrogen-bond acceptors (Lipinski definition) is 3. The first kappa shape index (κ1) is 19.3. The van der Waals surface area contributed by atoms with Gasteiger partial charge in [0.2, 0.25) is 0 Å². The smallest absolute Gasteiger partial charge is 0.260 e. The van der Waals surface area contributed by atoms with Crippen LogP contribution in [0.4, 0.5) is 0 Å². The van der Waals surface area contributed by atoms with Crippen LogP contribution in [-0.4, -0.2) is 48.5 Å². The van der Waals surface area contributed by atoms with Gasteiger partial charge in [-0.2, -0.15) is 0 Å². The third kappa shape index (κ3) is 4.03. The maximum atomic E-state index is 12.7. The van der Waals surface area contributed by atoms with E-state index < -0.39 is 0 Å². The molecule has 2 aromatic rings. The van der Waals surface area contributed by atoms with Crippen molar-refractivity contribution >= 4 is 17.5 Å². The van der Waals surface area contributed by atoms with Gasteiger partial charge in [0.05, 0.1) is 0 Å². The van der Waals surface area contributed by atoms with E-state index in [1.165, 1.54) is 18.4 Å². The summed E-state index contributed by atoms with van der Waals surface area (Å²) >= 11 is 5.89. The first-order chi connectivity index (χ1) is 13.7. The fourth-order valence-corrected chi connectivity index (χ4v) is 4.70. The van der Waals surface area contributed by atoms with Crippen LogP contribution in [0.5, 0.6) is 5.75 Å². The largest absolute Gasteiger partial charge is 0.484 e. The molecule has 2 heterocycles. The molecule has 2 aromatic carbocycles. The number of hydrogen-bond donors (Lipinski definition) is 0. The molecule has 0 atom stereocenters. The number of benzene rings is 2. The minimum atomic E-state index is 0.0537. The highest BCUT2D eigenvalue weighted by Gasteiger charge is 2.42. The summed E-state index contributed by atoms with van der Waals surface area (Å²) in [6, 6.07) is 18.0. The van der Waals surface area contributed by atoms with Crippen molar-refractivity contribution in [1.29, 1.82) is 0 Å². The van der Waals surface area contributed by atoms with E-state index in [0.29, 0.717) is 10.8 Å². The van der Waals surface area contributed by atoms with Crippen LogP contribution in [0, 0.1) is 0 Å². The van der Waals surface area contributed by atoms with Gasteiger partial charge in [0.15, 0.2) is 6.61 Å². The Hall–Kier alpha value is -2.04. The number of amides is 1. The fraction of sp³-hybridized carbons (Fsp3) is 0.435. The molecule has 0 aromatic heterocycles. The van der Waals surface area contributed by atoms with Crippen LogP contribution < -0.4 is 4.74 Å². The van der Waals surface area contributed by atoms with E-state index >= 15 is 0 Å². The van der Waals surface area contributed by atoms with Gasteiger partial charge in [-0.3, -0.25) is 9.69 Å². The van der Waals surface area contributed by atoms with Gasteiger partial charge in [-0.15, -0.1) is 0 Å². The van der Waals surface area contributed by atoms with Crippen molar-refractivity contribution in [3.63, 3.8) is 0 Å². The van der Waals surface area contributed by atoms with Crippen LogP contribution in [-0.2, 0) is 10.3 Å². The van der Waals surface area contributed by atoms with E-state index in [0.717, 1.165) is 39.0 Å². The molecule has 5 heteroatoms. The molecule has 2 saturated heterocycles. The number of rotatable bonds is 5. The molecule has 4 nitrogen and oxygen atoms in total. The normalized spacial score (nSPS) is 19.5. The minimum absolute atomic E-state index is 0.0537. The Morgan fingerprint density at radius 1 is 0.929 bits per heavy atom. The zero-order chi connectivity index (χ0) is 19.4. The number of nitrogens with zero attached hydrogens (tertiary/aromatic N) is 2. The summed E-state index contributed by atoms with van der Waals surface area (Å²) in [5.41, 5.74) is 1.45. The topological polar surface area (TPSA) is 32.8 Å². The van der Waals surface area contributed by atoms with Crippen LogP contribution in [0.25, 0.3) is 0 Å². The molecule has 1 amide bonds. The van der Waals surface area contributed by atoms with Crippen molar-refractivity contribution in [2.75, 3.05) is 32.8 Å². The molecule has 0 spiro atoms. The molecule has 0 N–H and O–H groups in total. The molecule has 0 radical (unpaired) electrons. The second-order valence-electron chi connectivity index (χ2n) is 7.72. The number of ether oxygens (including phenoxy) is 1. The van der Waals surface area contributed by atoms with Gasteiger partial charge in [-0.1, -0.05) is 41.9 Å². The zero-order valence-corrected chi connectivity index (χ0v) is 16.9. The Balaban J connectivity index is 1.40. The van der Waals surface area contributed by atoms with Crippen molar-refractivity contribution < 1.29 is 9.53 Å². The summed E-state index contributed by atoms with van der Waals surface area (Å²) in [4.78, 5) is 17.3. The lowest BCUT2D eigenvalue weighted by molar-refractivity contribution is -0.136. The average Bonchev–Trinajstić information content (AvgIpc) is 3.29. The number of likely N-dealkylation sites (tertiary alicyclic amines) is 2. The minimum Gasteiger partial charge on any atom is -0.484 e. The summed E-state index contributed by atoms with van der Waals surface area (Å²) in [7, 11) is 0. The van der Waals surface area contributed by atoms with Gasteiger partial charge in [0, 0.05) is 23.7 Å². The van der Waals surface area contributed by atoms with E-state index in [1.54, 1.807) is 24.3 Å². The second kappa shape index (κ2) is 8.54. The molecule has 148 valence electrons. The van der Waals surface area contributed by atoms with Crippen molar-refractivity contribution in [2.24, 2.45) is 0 Å². The molecule has 4 rings (SSSR count). The lowest BCUT2D eigenvalue weighted by Crippen LogP contribution is -2.54. The fourth-order valence-electron chi connectivity index (χ4n) is 4.57. The summed E-state index contributed by atoms with van der Waals surface area (Å²) in [6.07, 6.45) is 4.49. The predicted molar refractivity (Wildman–Crippen MR) is 112 cm³/mol. The van der Waals surface area contributed by atoms with Gasteiger partial charge >= 0.3 is 0 Å². The number of halogens is 1. The summed E-state index contributed by atoms with van der Waals surface area (Å²) < 4.78 is 5.65. The van der Waals surface area contributed by atoms with Crippen LogP contribution in [0.15, 0.2) is 54.6 Å². The molecular formula is C23H27ClN2O2. The highest BCUT2D eigenvalue weighted by Crippen LogP contribution is 2.40. The molecule has 0 aliphatic carbocycles. The zero-order valence-electron chi connectivity index (χ0n) is 16.1. The van der Waals surface area contributed by atoms with Gasteiger partial charge < -0.3 is 9.64 Å². The van der Waals surface area contributed by atoms with Crippen LogP contribution >= 0.6 is 11.6 Å². The highest BCUT2D eigenvalue weighted by atomic mass is 35.5. The van der Waals surface area contributed by atoms with Gasteiger partial charge in [-0.25, -0.2) is 0 Å². The average molecular weight is 399 g/mol. The predicted octanol–water partition coefficient (Wildman–Crippen LogP) is 4.33. The Bertz CT molecular complexity index is 780. The van der Waals surface area contributed by atoms with Crippen molar-refractivity contribution in [2.45, 2.75) is 31.2 Å². The van der Waals surface area contributed by atoms with Crippen molar-refractivity contribution in [3.05, 3.63) is 65.2 Å². The van der Waals surface area contributed by atoms with E-state index in [-0.39, 0.29) is 18.1 Å². The van der Waals surface area contributed by atoms with Crippen molar-refractivity contribution in [3.8, 4) is 5.75 Å². The first-order valence-electron chi connectivity index (χ1n) is 10.1. The van der Waals surface area contributed by atoms with E-state index in [1.807, 2.05) is 4.90 Å². The quantitative estimate of drug-likeness (QED) is 0.751. The standard InChI is InChI=1S/C23H27ClN2O2/c24-20-8-10-21(11-9-20)28-18-22(27)25-16-12-23(13-17-25,26-14-4-5-15-26)19-6-2-1-3-7-19/h1-3,6-11H,4-5,12-18H2. The Morgan fingerprint density at radius 3 is 2.21 bits per heavy atom. The molecule has 0 bridgehead atoms. The molecule has 0 unspecified atom stereocenters. The van der Waals surface area contributed by atoms with Gasteiger partial charge in [-0.05, 0) is 68.6 Å². The summed E-state index contributed by atoms with van der Waals surface area (Å²) in [6.45, 7) is 3.93. The van der Waals surface area contributed by atoms with Crippen molar-refractivity contribution in [1.82, 2.24) is 9.80 Å². The summed E-state index contributed by atoms with van der Waals surface area (Å²) in [5, 5.41) is 0.661. The Labute approximate surface area is 172 Å². The molecule has 0 saturated carbocycles. The van der Waals surface area contributed by atoms with E-state index in [9.17, 15) is 4.79 Å². The maximum absolute atomic E-state index is 12.7. The van der Waals surface area contributed by atoms with Gasteiger partial charge in [0.1, 0.15) is 5.75 Å². The van der Waals surface area contributed by atoms with Crippen LogP contribution in [0.3, 0.4) is 0 Å². The molecular weight excluding hydrogens is 372 g/mol. The maximum Gasteiger partial charge on any atom is 0.260 e. The third-order valence-electron chi connectivity index (χ3n) is 6.14. The lowest BCUT2D eigenvalue weighted by atomic mass is 9.79. The number of carbonyl (C=O) groups excluding carboxylic acids is 1. The molecule has 2 aliphatic rings. The second-order valence-corrected chi connectivity index (χ2v) is 8.15. The monoisotopic (exact) mass is 398 g/mol. The molecule has 28 heavy (non-hydrogen) atoms. The van der Waals surface area contributed by atoms with Crippen LogP contribution in [0.1, 0.15) is 31.2 Å². The lowest BCUT2D eigenvalue weighted by Gasteiger charge is -2.48. The van der Waals surface area contributed by atoms with Crippen LogP contribution in [0.2, 0.25) is 5.02 Å². The molecule has 2 aliphatic heterocycles. The van der Waals surface area contributed by atoms with Gasteiger partial charge in [0.25, 0.3) is 5.91 Å². The van der Waals surface area contributed by atoms with E-state index in [4.69, 9.17) is 16.3 Å². The first-order valence-corrected chi connectivity index (χ1v) is 10.5. The van der Waals surface area contributed by atoms with E-state index in [2.05, 4.69) is 35.2 Å². The highest BCUT2D eigenvalue weighted by molar-refractivity contribution is 6.30. The Kier molecular flexibility index (Phi) is 5.88. The summed E-state index contributed by atoms with van der Waals surface area (Å²) in [5.74, 6) is 0.725. The third-order valence-corrected chi connectivity index (χ3v) is 6.39. The number of piperidine rings is 1. The molecule has 2 fully saturated rings.